The van der Waals surface area contributed by atoms with Crippen LogP contribution in [-0.4, -0.2) is 18.1 Å². The van der Waals surface area contributed by atoms with Crippen LogP contribution in [0.15, 0.2) is 42.5 Å². The van der Waals surface area contributed by atoms with E-state index in [0.717, 1.165) is 0 Å². The van der Waals surface area contributed by atoms with E-state index < -0.39 is 11.8 Å². The standard InChI is InChI=1S/C15H13F2NO2/c1-18(9-10-4-2-5-11(16)8-10)14-12(15(19)20)6-3-7-13(14)17/h2-8H,9H2,1H3,(H,19,20). The Morgan fingerprint density at radius 1 is 1.20 bits per heavy atom. The number of anilines is 1. The summed E-state index contributed by atoms with van der Waals surface area (Å²) in [7, 11) is 1.57. The molecule has 0 fully saturated rings. The topological polar surface area (TPSA) is 40.5 Å². The van der Waals surface area contributed by atoms with Crippen LogP contribution >= 0.6 is 0 Å². The van der Waals surface area contributed by atoms with Gasteiger partial charge in [0.15, 0.2) is 0 Å². The molecule has 20 heavy (non-hydrogen) atoms. The molecule has 0 saturated carbocycles. The minimum Gasteiger partial charge on any atom is -0.478 e. The van der Waals surface area contributed by atoms with Crippen molar-refractivity contribution >= 4 is 11.7 Å². The van der Waals surface area contributed by atoms with E-state index in [1.807, 2.05) is 0 Å². The van der Waals surface area contributed by atoms with Crippen LogP contribution < -0.4 is 4.90 Å². The first kappa shape index (κ1) is 14.0. The van der Waals surface area contributed by atoms with E-state index in [1.165, 1.54) is 35.2 Å². The number of carbonyl (C=O) groups is 1. The van der Waals surface area contributed by atoms with Crippen molar-refractivity contribution in [3.63, 3.8) is 0 Å². The molecule has 104 valence electrons. The first-order valence-electron chi connectivity index (χ1n) is 5.96. The van der Waals surface area contributed by atoms with Crippen LogP contribution in [0.4, 0.5) is 14.5 Å². The van der Waals surface area contributed by atoms with E-state index in [2.05, 4.69) is 0 Å². The zero-order chi connectivity index (χ0) is 14.7. The van der Waals surface area contributed by atoms with Gasteiger partial charge in [0, 0.05) is 13.6 Å². The molecule has 0 bridgehead atoms. The first-order valence-corrected chi connectivity index (χ1v) is 5.96. The summed E-state index contributed by atoms with van der Waals surface area (Å²) in [6.07, 6.45) is 0. The Morgan fingerprint density at radius 2 is 1.90 bits per heavy atom. The molecule has 0 heterocycles. The number of para-hydroxylation sites is 1. The summed E-state index contributed by atoms with van der Waals surface area (Å²) < 4.78 is 27.0. The molecule has 5 heteroatoms. The van der Waals surface area contributed by atoms with Gasteiger partial charge >= 0.3 is 5.97 Å². The van der Waals surface area contributed by atoms with Crippen molar-refractivity contribution in [2.24, 2.45) is 0 Å². The quantitative estimate of drug-likeness (QED) is 0.932. The monoisotopic (exact) mass is 277 g/mol. The summed E-state index contributed by atoms with van der Waals surface area (Å²) in [5.74, 6) is -2.21. The maximum atomic E-state index is 13.9. The van der Waals surface area contributed by atoms with Gasteiger partial charge in [-0.1, -0.05) is 18.2 Å². The summed E-state index contributed by atoms with van der Waals surface area (Å²) in [5, 5.41) is 9.10. The number of rotatable bonds is 4. The number of hydrogen-bond acceptors (Lipinski definition) is 2. The molecule has 2 rings (SSSR count). The van der Waals surface area contributed by atoms with Crippen molar-refractivity contribution in [2.75, 3.05) is 11.9 Å². The van der Waals surface area contributed by atoms with Crippen LogP contribution in [0.2, 0.25) is 0 Å². The Hall–Kier alpha value is -2.43. The van der Waals surface area contributed by atoms with E-state index in [9.17, 15) is 13.6 Å². The Balaban J connectivity index is 2.34. The molecule has 0 radical (unpaired) electrons. The summed E-state index contributed by atoms with van der Waals surface area (Å²) in [6, 6.07) is 9.77. The Labute approximate surface area is 115 Å². The van der Waals surface area contributed by atoms with Gasteiger partial charge in [-0.15, -0.1) is 0 Å². The lowest BCUT2D eigenvalue weighted by molar-refractivity contribution is 0.0697. The highest BCUT2D eigenvalue weighted by Gasteiger charge is 2.18. The normalized spacial score (nSPS) is 10.3. The SMILES string of the molecule is CN(Cc1cccc(F)c1)c1c(F)cccc1C(=O)O. The number of aromatic carboxylic acids is 1. The van der Waals surface area contributed by atoms with Crippen LogP contribution in [-0.2, 0) is 6.54 Å². The lowest BCUT2D eigenvalue weighted by Gasteiger charge is -2.22. The van der Waals surface area contributed by atoms with Gasteiger partial charge in [-0.3, -0.25) is 0 Å². The van der Waals surface area contributed by atoms with Gasteiger partial charge in [0.2, 0.25) is 0 Å². The predicted molar refractivity (Wildman–Crippen MR) is 71.9 cm³/mol. The molecule has 0 amide bonds. The molecule has 0 aliphatic rings. The van der Waals surface area contributed by atoms with Gasteiger partial charge in [-0.25, -0.2) is 13.6 Å². The average molecular weight is 277 g/mol. The van der Waals surface area contributed by atoms with Gasteiger partial charge in [0.25, 0.3) is 0 Å². The number of halogens is 2. The third-order valence-corrected chi connectivity index (χ3v) is 2.91. The smallest absolute Gasteiger partial charge is 0.337 e. The highest BCUT2D eigenvalue weighted by molar-refractivity contribution is 5.94. The van der Waals surface area contributed by atoms with Gasteiger partial charge in [0.1, 0.15) is 11.6 Å². The lowest BCUT2D eigenvalue weighted by Crippen LogP contribution is -2.21. The fourth-order valence-electron chi connectivity index (χ4n) is 2.06. The Kier molecular flexibility index (Phi) is 3.98. The average Bonchev–Trinajstić information content (AvgIpc) is 2.38. The first-order chi connectivity index (χ1) is 9.49. The van der Waals surface area contributed by atoms with E-state index in [4.69, 9.17) is 5.11 Å². The Bertz CT molecular complexity index is 644. The van der Waals surface area contributed by atoms with E-state index in [0.29, 0.717) is 5.56 Å². The molecule has 2 aromatic rings. The van der Waals surface area contributed by atoms with Gasteiger partial charge in [-0.05, 0) is 29.8 Å². The van der Waals surface area contributed by atoms with E-state index in [-0.39, 0.29) is 23.6 Å². The van der Waals surface area contributed by atoms with Crippen molar-refractivity contribution < 1.29 is 18.7 Å². The van der Waals surface area contributed by atoms with Gasteiger partial charge < -0.3 is 10.0 Å². The van der Waals surface area contributed by atoms with Crippen LogP contribution in [0, 0.1) is 11.6 Å². The molecule has 0 aliphatic heterocycles. The predicted octanol–water partition coefficient (Wildman–Crippen LogP) is 3.30. The van der Waals surface area contributed by atoms with Crippen molar-refractivity contribution in [2.45, 2.75) is 6.54 Å². The molecule has 0 atom stereocenters. The van der Waals surface area contributed by atoms with Gasteiger partial charge in [-0.2, -0.15) is 0 Å². The Morgan fingerprint density at radius 3 is 2.55 bits per heavy atom. The van der Waals surface area contributed by atoms with E-state index in [1.54, 1.807) is 19.2 Å². The van der Waals surface area contributed by atoms with Gasteiger partial charge in [0.05, 0.1) is 11.3 Å². The number of carboxylic acid groups (broad SMARTS) is 1. The summed E-state index contributed by atoms with van der Waals surface area (Å²) in [5.41, 5.74) is 0.500. The second kappa shape index (κ2) is 5.69. The fourth-order valence-corrected chi connectivity index (χ4v) is 2.06. The number of benzene rings is 2. The minimum atomic E-state index is -1.20. The van der Waals surface area contributed by atoms with Crippen molar-refractivity contribution in [1.29, 1.82) is 0 Å². The molecule has 0 unspecified atom stereocenters. The summed E-state index contributed by atoms with van der Waals surface area (Å²) in [6.45, 7) is 0.207. The zero-order valence-electron chi connectivity index (χ0n) is 10.8. The molecule has 0 saturated heterocycles. The maximum Gasteiger partial charge on any atom is 0.337 e. The van der Waals surface area contributed by atoms with Crippen LogP contribution in [0.25, 0.3) is 0 Å². The molecular weight excluding hydrogens is 264 g/mol. The molecule has 2 aromatic carbocycles. The number of carboxylic acids is 1. The molecule has 0 spiro atoms. The molecule has 0 aliphatic carbocycles. The van der Waals surface area contributed by atoms with Crippen LogP contribution in [0.3, 0.4) is 0 Å². The third kappa shape index (κ3) is 2.93. The second-order valence-corrected chi connectivity index (χ2v) is 4.43. The molecule has 1 N–H and O–H groups in total. The lowest BCUT2D eigenvalue weighted by atomic mass is 10.1. The zero-order valence-corrected chi connectivity index (χ0v) is 10.8. The number of nitrogens with zero attached hydrogens (tertiary/aromatic N) is 1. The van der Waals surface area contributed by atoms with Crippen LogP contribution in [0.5, 0.6) is 0 Å². The number of hydrogen-bond donors (Lipinski definition) is 1. The largest absolute Gasteiger partial charge is 0.478 e. The van der Waals surface area contributed by atoms with Crippen LogP contribution in [0.1, 0.15) is 15.9 Å². The van der Waals surface area contributed by atoms with Crippen molar-refractivity contribution in [1.82, 2.24) is 0 Å². The maximum absolute atomic E-state index is 13.9. The third-order valence-electron chi connectivity index (χ3n) is 2.91. The highest BCUT2D eigenvalue weighted by Crippen LogP contribution is 2.25. The molecular formula is C15H13F2NO2. The fraction of sp³-hybridized carbons (Fsp3) is 0.133. The molecule has 3 nitrogen and oxygen atoms in total. The van der Waals surface area contributed by atoms with E-state index >= 15 is 0 Å². The summed E-state index contributed by atoms with van der Waals surface area (Å²) in [4.78, 5) is 12.6. The van der Waals surface area contributed by atoms with Crippen molar-refractivity contribution in [3.05, 3.63) is 65.2 Å². The second-order valence-electron chi connectivity index (χ2n) is 4.43. The summed E-state index contributed by atoms with van der Waals surface area (Å²) >= 11 is 0. The minimum absolute atomic E-state index is 0.00994. The highest BCUT2D eigenvalue weighted by atomic mass is 19.1. The van der Waals surface area contributed by atoms with Crippen molar-refractivity contribution in [3.8, 4) is 0 Å². The molecule has 0 aromatic heterocycles.